The third-order valence-electron chi connectivity index (χ3n) is 4.23. The van der Waals surface area contributed by atoms with Gasteiger partial charge in [0.15, 0.2) is 23.9 Å². The average Bonchev–Trinajstić information content (AvgIpc) is 2.66. The summed E-state index contributed by atoms with van der Waals surface area (Å²) in [6.45, 7) is 1.82. The van der Waals surface area contributed by atoms with E-state index in [4.69, 9.17) is 9.47 Å². The minimum atomic E-state index is -0.226. The first-order valence-corrected chi connectivity index (χ1v) is 8.72. The molecule has 0 spiro atoms. The molecule has 0 bridgehead atoms. The number of ether oxygens (including phenoxy) is 2. The number of likely N-dealkylation sites (N-methyl/N-ethyl adjacent to an activating group) is 1. The van der Waals surface area contributed by atoms with Gasteiger partial charge in [0.2, 0.25) is 0 Å². The summed E-state index contributed by atoms with van der Waals surface area (Å²) >= 11 is 0. The van der Waals surface area contributed by atoms with Crippen molar-refractivity contribution in [3.63, 3.8) is 0 Å². The zero-order chi connectivity index (χ0) is 19.8. The van der Waals surface area contributed by atoms with Crippen LogP contribution in [0.25, 0.3) is 0 Å². The molecule has 2 aromatic rings. The Morgan fingerprint density at radius 1 is 1.07 bits per heavy atom. The maximum Gasteiger partial charge on any atom is 0.258 e. The molecule has 6 nitrogen and oxygen atoms in total. The first-order valence-electron chi connectivity index (χ1n) is 8.72. The molecule has 0 heterocycles. The fourth-order valence-corrected chi connectivity index (χ4v) is 2.68. The van der Waals surface area contributed by atoms with Gasteiger partial charge >= 0.3 is 0 Å². The lowest BCUT2D eigenvalue weighted by molar-refractivity contribution is -0.123. The Labute approximate surface area is 160 Å². The Balaban J connectivity index is 1.93. The molecule has 0 aliphatic carbocycles. The molecule has 0 aromatic heterocycles. The maximum absolute atomic E-state index is 12.2. The van der Waals surface area contributed by atoms with Crippen molar-refractivity contribution in [3.8, 4) is 11.5 Å². The van der Waals surface area contributed by atoms with Crippen LogP contribution in [0.15, 0.2) is 48.5 Å². The van der Waals surface area contributed by atoms with Crippen LogP contribution < -0.4 is 14.8 Å². The summed E-state index contributed by atoms with van der Waals surface area (Å²) in [5.74, 6) is 0.555. The molecule has 0 saturated heterocycles. The number of nitrogens with one attached hydrogen (secondary N) is 1. The van der Waals surface area contributed by atoms with E-state index in [0.717, 1.165) is 5.56 Å². The summed E-state index contributed by atoms with van der Waals surface area (Å²) in [7, 11) is 5.44. The number of hydrogen-bond acceptors (Lipinski definition) is 5. The lowest BCUT2D eigenvalue weighted by atomic mass is 10.1. The summed E-state index contributed by atoms with van der Waals surface area (Å²) in [5, 5.41) is 2.90. The Hall–Kier alpha value is -2.86. The number of Topliss-reactive ketones (excluding diaryl/α,β-unsaturated/α-hetero) is 1. The number of ketones is 1. The van der Waals surface area contributed by atoms with Gasteiger partial charge in [-0.2, -0.15) is 0 Å². The van der Waals surface area contributed by atoms with Crippen molar-refractivity contribution in [1.82, 2.24) is 10.2 Å². The molecule has 1 atom stereocenters. The fraction of sp³-hybridized carbons (Fsp3) is 0.333. The monoisotopic (exact) mass is 370 g/mol. The van der Waals surface area contributed by atoms with Crippen LogP contribution in [-0.4, -0.2) is 50.9 Å². The molecule has 0 aliphatic rings. The van der Waals surface area contributed by atoms with Gasteiger partial charge in [0, 0.05) is 12.1 Å². The van der Waals surface area contributed by atoms with Crippen LogP contribution in [0.2, 0.25) is 0 Å². The SMILES string of the molecule is COc1cc(C(C)=O)ccc1OCC(=O)NCC(c1ccccc1)N(C)C. The summed E-state index contributed by atoms with van der Waals surface area (Å²) in [4.78, 5) is 25.7. The molecular formula is C21H26N2O4. The van der Waals surface area contributed by atoms with E-state index in [1.165, 1.54) is 14.0 Å². The van der Waals surface area contributed by atoms with Crippen molar-refractivity contribution in [1.29, 1.82) is 0 Å². The van der Waals surface area contributed by atoms with Gasteiger partial charge in [0.1, 0.15) is 0 Å². The van der Waals surface area contributed by atoms with E-state index in [9.17, 15) is 9.59 Å². The molecule has 0 aliphatic heterocycles. The number of benzene rings is 2. The van der Waals surface area contributed by atoms with Crippen molar-refractivity contribution in [3.05, 3.63) is 59.7 Å². The van der Waals surface area contributed by atoms with Crippen LogP contribution in [0.1, 0.15) is 28.9 Å². The topological polar surface area (TPSA) is 67.9 Å². The van der Waals surface area contributed by atoms with Crippen molar-refractivity contribution in [2.45, 2.75) is 13.0 Å². The predicted molar refractivity (Wildman–Crippen MR) is 104 cm³/mol. The van der Waals surface area contributed by atoms with Crippen LogP contribution in [0.4, 0.5) is 0 Å². The predicted octanol–water partition coefficient (Wildman–Crippen LogP) is 2.70. The van der Waals surface area contributed by atoms with Crippen LogP contribution in [0.5, 0.6) is 11.5 Å². The lowest BCUT2D eigenvalue weighted by Crippen LogP contribution is -2.36. The van der Waals surface area contributed by atoms with Crippen LogP contribution in [-0.2, 0) is 4.79 Å². The third kappa shape index (κ3) is 5.82. The highest BCUT2D eigenvalue weighted by atomic mass is 16.5. The number of carbonyl (C=O) groups is 2. The highest BCUT2D eigenvalue weighted by molar-refractivity contribution is 5.94. The van der Waals surface area contributed by atoms with Gasteiger partial charge in [-0.3, -0.25) is 9.59 Å². The Morgan fingerprint density at radius 2 is 1.78 bits per heavy atom. The Kier molecular flexibility index (Phi) is 7.37. The first-order chi connectivity index (χ1) is 12.9. The smallest absolute Gasteiger partial charge is 0.258 e. The number of rotatable bonds is 9. The van der Waals surface area contributed by atoms with Crippen molar-refractivity contribution in [2.75, 3.05) is 34.4 Å². The number of hydrogen-bond donors (Lipinski definition) is 1. The zero-order valence-electron chi connectivity index (χ0n) is 16.2. The molecule has 27 heavy (non-hydrogen) atoms. The maximum atomic E-state index is 12.2. The van der Waals surface area contributed by atoms with Gasteiger partial charge in [0.25, 0.3) is 5.91 Å². The van der Waals surface area contributed by atoms with Gasteiger partial charge < -0.3 is 19.7 Å². The normalized spacial score (nSPS) is 11.7. The van der Waals surface area contributed by atoms with Crippen molar-refractivity contribution >= 4 is 11.7 Å². The highest BCUT2D eigenvalue weighted by Crippen LogP contribution is 2.28. The molecule has 0 radical (unpaired) electrons. The standard InChI is InChI=1S/C21H26N2O4/c1-15(24)17-10-11-19(20(12-17)26-4)27-14-21(25)22-13-18(23(2)3)16-8-6-5-7-9-16/h5-12,18H,13-14H2,1-4H3,(H,22,25). The van der Waals surface area contributed by atoms with E-state index in [0.29, 0.717) is 23.6 Å². The van der Waals surface area contributed by atoms with Gasteiger partial charge in [-0.05, 0) is 44.8 Å². The van der Waals surface area contributed by atoms with Crippen LogP contribution in [0.3, 0.4) is 0 Å². The molecule has 1 N–H and O–H groups in total. The number of methoxy groups -OCH3 is 1. The number of amides is 1. The minimum absolute atomic E-state index is 0.0618. The Bertz CT molecular complexity index is 775. The Morgan fingerprint density at radius 3 is 2.37 bits per heavy atom. The van der Waals surface area contributed by atoms with E-state index in [1.54, 1.807) is 18.2 Å². The summed E-state index contributed by atoms with van der Waals surface area (Å²) in [5.41, 5.74) is 1.66. The van der Waals surface area contributed by atoms with Crippen LogP contribution in [0, 0.1) is 0 Å². The first kappa shape index (κ1) is 20.5. The number of carbonyl (C=O) groups excluding carboxylic acids is 2. The highest BCUT2D eigenvalue weighted by Gasteiger charge is 2.16. The largest absolute Gasteiger partial charge is 0.493 e. The molecule has 144 valence electrons. The second-order valence-corrected chi connectivity index (χ2v) is 6.40. The fourth-order valence-electron chi connectivity index (χ4n) is 2.68. The van der Waals surface area contributed by atoms with Gasteiger partial charge in [0.05, 0.1) is 13.2 Å². The third-order valence-corrected chi connectivity index (χ3v) is 4.23. The van der Waals surface area contributed by atoms with E-state index in [2.05, 4.69) is 10.2 Å². The van der Waals surface area contributed by atoms with Crippen molar-refractivity contribution < 1.29 is 19.1 Å². The average molecular weight is 370 g/mol. The molecule has 2 rings (SSSR count). The minimum Gasteiger partial charge on any atom is -0.493 e. The molecule has 1 unspecified atom stereocenters. The van der Waals surface area contributed by atoms with Crippen molar-refractivity contribution in [2.24, 2.45) is 0 Å². The molecule has 0 fully saturated rings. The molecule has 6 heteroatoms. The quantitative estimate of drug-likeness (QED) is 0.688. The van der Waals surface area contributed by atoms with Crippen LogP contribution >= 0.6 is 0 Å². The lowest BCUT2D eigenvalue weighted by Gasteiger charge is -2.25. The van der Waals surface area contributed by atoms with Gasteiger partial charge in [-0.1, -0.05) is 30.3 Å². The molecule has 1 amide bonds. The van der Waals surface area contributed by atoms with Gasteiger partial charge in [-0.15, -0.1) is 0 Å². The second-order valence-electron chi connectivity index (χ2n) is 6.40. The number of nitrogens with zero attached hydrogens (tertiary/aromatic N) is 1. The van der Waals surface area contributed by atoms with Gasteiger partial charge in [-0.25, -0.2) is 0 Å². The summed E-state index contributed by atoms with van der Waals surface area (Å²) in [6.07, 6.45) is 0. The summed E-state index contributed by atoms with van der Waals surface area (Å²) in [6, 6.07) is 15.0. The zero-order valence-corrected chi connectivity index (χ0v) is 16.2. The second kappa shape index (κ2) is 9.73. The van der Waals surface area contributed by atoms with E-state index >= 15 is 0 Å². The van der Waals surface area contributed by atoms with E-state index in [1.807, 2.05) is 44.4 Å². The van der Waals surface area contributed by atoms with E-state index < -0.39 is 0 Å². The molecular weight excluding hydrogens is 344 g/mol. The molecule has 2 aromatic carbocycles. The van der Waals surface area contributed by atoms with E-state index in [-0.39, 0.29) is 24.3 Å². The summed E-state index contributed by atoms with van der Waals surface area (Å²) < 4.78 is 10.8. The molecule has 0 saturated carbocycles.